The molecule has 67 heavy (non-hydrogen) atoms. The molecular formula is C57H60Cu2O6P2+4. The zero-order chi connectivity index (χ0) is 47.0. The normalized spacial score (nSPS) is 10.7. The third-order valence-electron chi connectivity index (χ3n) is 10.6. The monoisotopic (exact) mass is 1030 g/mol. The number of carboxylic acid groups (broad SMARTS) is 1. The summed E-state index contributed by atoms with van der Waals surface area (Å²) >= 11 is 0. The van der Waals surface area contributed by atoms with Crippen molar-refractivity contribution >= 4 is 76.8 Å². The van der Waals surface area contributed by atoms with E-state index in [0.717, 1.165) is 21.7 Å². The number of benzene rings is 7. The van der Waals surface area contributed by atoms with Crippen molar-refractivity contribution in [3.8, 4) is 0 Å². The predicted octanol–water partition coefficient (Wildman–Crippen LogP) is 9.53. The zero-order valence-corrected chi connectivity index (χ0v) is 42.5. The van der Waals surface area contributed by atoms with Crippen LogP contribution in [0.3, 0.4) is 0 Å². The number of rotatable bonds is 13. The Morgan fingerprint density at radius 1 is 0.403 bits per heavy atom. The maximum atomic E-state index is 12.5. The van der Waals surface area contributed by atoms with Gasteiger partial charge in [0.05, 0.1) is 21.4 Å². The molecule has 0 atom stereocenters. The summed E-state index contributed by atoms with van der Waals surface area (Å²) in [6.07, 6.45) is 0.110. The molecule has 3 N–H and O–H groups in total. The van der Waals surface area contributed by atoms with Gasteiger partial charge in [0, 0.05) is 45.0 Å². The summed E-state index contributed by atoms with van der Waals surface area (Å²) in [6.45, 7) is 11.3. The summed E-state index contributed by atoms with van der Waals surface area (Å²) in [4.78, 5) is 57.0. The van der Waals surface area contributed by atoms with E-state index in [1.54, 1.807) is 30.3 Å². The summed E-state index contributed by atoms with van der Waals surface area (Å²) in [5.41, 5.74) is 0.936. The Morgan fingerprint density at radius 3 is 0.881 bits per heavy atom. The summed E-state index contributed by atoms with van der Waals surface area (Å²) in [5.74, 6) is -0.494. The summed E-state index contributed by atoms with van der Waals surface area (Å²) in [6, 6.07) is 65.9. The van der Waals surface area contributed by atoms with Gasteiger partial charge in [-0.25, -0.2) is 4.79 Å². The van der Waals surface area contributed by atoms with E-state index >= 15 is 0 Å². The SMILES string of the molecule is CC(C)(C)C(=O)CC(=[OH+])c1ccccc1[PH+](c1ccccc1)c1ccccc1.CC(C)(C)C(=O)CC(=[OH+])c1ccccc1[PH+](c1ccccc1)c1ccccc1.O=C(O)c1ccccc1.[Cu].[Cu]. The topological polar surface area (TPSA) is 114 Å². The number of carbonyl (C=O) groups is 3. The standard InChI is InChI=1S/2C25H25O2P.C7H6O2.2Cu/c2*1-25(2,3)24(27)18-22(26)21-16-10-11-17-23(21)28(19-12-6-4-7-13-19)20-14-8-5-9-15-20;8-7(9)6-4-2-1-3-5-6;;/h2*4-17H,18H2,1-3H3;1-5H,(H,8,9);;/p+4. The first-order chi connectivity index (χ1) is 31.1. The fourth-order valence-corrected chi connectivity index (χ4v) is 12.4. The number of aromatic carboxylic acids is 1. The van der Waals surface area contributed by atoms with Crippen molar-refractivity contribution < 1.29 is 63.2 Å². The summed E-state index contributed by atoms with van der Waals surface area (Å²) < 4.78 is 0. The van der Waals surface area contributed by atoms with Gasteiger partial charge in [0.15, 0.2) is 11.6 Å². The molecule has 0 aliphatic rings. The first-order valence-corrected chi connectivity index (χ1v) is 24.7. The van der Waals surface area contributed by atoms with Gasteiger partial charge < -0.3 is 5.11 Å². The Kier molecular flexibility index (Phi) is 22.4. The Balaban J connectivity index is 0.000000292. The molecule has 0 saturated carbocycles. The molecular weight excluding hydrogens is 970 g/mol. The van der Waals surface area contributed by atoms with E-state index in [1.165, 1.54) is 21.2 Å². The molecule has 0 amide bonds. The quantitative estimate of drug-likeness (QED) is 0.0408. The van der Waals surface area contributed by atoms with Crippen LogP contribution in [-0.2, 0) is 43.7 Å². The summed E-state index contributed by atoms with van der Waals surface area (Å²) in [5, 5.41) is 15.6. The van der Waals surface area contributed by atoms with Crippen LogP contribution in [0.1, 0.15) is 75.9 Å². The van der Waals surface area contributed by atoms with E-state index in [-0.39, 0.29) is 70.1 Å². The van der Waals surface area contributed by atoms with Crippen LogP contribution in [0.25, 0.3) is 0 Å². The van der Waals surface area contributed by atoms with E-state index in [9.17, 15) is 24.0 Å². The number of Topliss-reactive ketones (excluding diaryl/α,β-unsaturated/α-hetero) is 2. The van der Waals surface area contributed by atoms with Gasteiger partial charge in [0.1, 0.15) is 55.8 Å². The van der Waals surface area contributed by atoms with Crippen molar-refractivity contribution in [3.63, 3.8) is 0 Å². The number of hydrogen-bond acceptors (Lipinski definition) is 3. The van der Waals surface area contributed by atoms with Gasteiger partial charge in [-0.3, -0.25) is 19.2 Å². The van der Waals surface area contributed by atoms with Crippen LogP contribution < -0.4 is 31.8 Å². The van der Waals surface area contributed by atoms with Gasteiger partial charge >= 0.3 is 17.5 Å². The molecule has 6 nitrogen and oxygen atoms in total. The molecule has 0 aliphatic carbocycles. The van der Waals surface area contributed by atoms with Crippen molar-refractivity contribution in [3.05, 3.63) is 217 Å². The second kappa shape index (κ2) is 26.8. The number of carboxylic acids is 1. The maximum Gasteiger partial charge on any atom is 0.335 e. The van der Waals surface area contributed by atoms with E-state index in [4.69, 9.17) is 5.11 Å². The van der Waals surface area contributed by atoms with Crippen LogP contribution in [0, 0.1) is 10.8 Å². The van der Waals surface area contributed by atoms with Crippen LogP contribution >= 0.6 is 15.8 Å². The van der Waals surface area contributed by atoms with E-state index in [2.05, 4.69) is 109 Å². The fourth-order valence-electron chi connectivity index (χ4n) is 6.89. The van der Waals surface area contributed by atoms with Crippen LogP contribution in [0.4, 0.5) is 0 Å². The second-order valence-electron chi connectivity index (χ2n) is 17.6. The molecule has 0 aromatic heterocycles. The maximum absolute atomic E-state index is 12.5. The van der Waals surface area contributed by atoms with Crippen LogP contribution in [-0.4, -0.2) is 43.8 Å². The van der Waals surface area contributed by atoms with Gasteiger partial charge in [0.2, 0.25) is 0 Å². The minimum atomic E-state index is -1.31. The average molecular weight is 1030 g/mol. The van der Waals surface area contributed by atoms with Crippen molar-refractivity contribution in [1.82, 2.24) is 0 Å². The molecule has 7 aromatic rings. The van der Waals surface area contributed by atoms with Crippen molar-refractivity contribution in [1.29, 1.82) is 0 Å². The number of carbonyl (C=O) groups excluding carboxylic acids is 4. The first kappa shape index (κ1) is 55.9. The minimum Gasteiger partial charge on any atom is -0.478 e. The molecule has 0 unspecified atom stereocenters. The molecule has 0 fully saturated rings. The van der Waals surface area contributed by atoms with E-state index in [1.807, 2.05) is 102 Å². The summed E-state index contributed by atoms with van der Waals surface area (Å²) in [7, 11) is -2.63. The average Bonchev–Trinajstić information content (AvgIpc) is 3.31. The van der Waals surface area contributed by atoms with E-state index in [0.29, 0.717) is 5.56 Å². The Labute approximate surface area is 419 Å². The molecule has 0 bridgehead atoms. The molecule has 0 saturated heterocycles. The van der Waals surface area contributed by atoms with Crippen molar-refractivity contribution in [2.24, 2.45) is 10.8 Å². The van der Waals surface area contributed by atoms with Gasteiger partial charge in [0.25, 0.3) is 0 Å². The zero-order valence-electron chi connectivity index (χ0n) is 38.6. The van der Waals surface area contributed by atoms with Crippen molar-refractivity contribution in [2.45, 2.75) is 54.4 Å². The Morgan fingerprint density at radius 2 is 0.642 bits per heavy atom. The second-order valence-corrected chi connectivity index (χ2v) is 22.5. The molecule has 10 heteroatoms. The first-order valence-electron chi connectivity index (χ1n) is 21.7. The molecule has 2 radical (unpaired) electrons. The van der Waals surface area contributed by atoms with Crippen LogP contribution in [0.15, 0.2) is 200 Å². The predicted molar refractivity (Wildman–Crippen MR) is 277 cm³/mol. The largest absolute Gasteiger partial charge is 0.478 e. The smallest absolute Gasteiger partial charge is 0.335 e. The third-order valence-corrected chi connectivity index (χ3v) is 16.2. The molecule has 0 aliphatic heterocycles. The number of ketones is 4. The Hall–Kier alpha value is -5.41. The van der Waals surface area contributed by atoms with Gasteiger partial charge in [-0.1, -0.05) is 157 Å². The van der Waals surface area contributed by atoms with Crippen LogP contribution in [0.5, 0.6) is 0 Å². The fraction of sp³-hybridized carbons (Fsp3) is 0.175. The molecule has 7 rings (SSSR count). The molecule has 0 spiro atoms. The Bertz CT molecular complexity index is 2430. The van der Waals surface area contributed by atoms with Gasteiger partial charge in [-0.2, -0.15) is 0 Å². The molecule has 352 valence electrons. The molecule has 7 aromatic carbocycles. The molecule has 0 heterocycles. The minimum absolute atomic E-state index is 0. The van der Waals surface area contributed by atoms with Crippen LogP contribution in [0.2, 0.25) is 0 Å². The van der Waals surface area contributed by atoms with Gasteiger partial charge in [-0.15, -0.1) is 0 Å². The number of hydrogen-bond donors (Lipinski definition) is 1. The third kappa shape index (κ3) is 16.4. The van der Waals surface area contributed by atoms with Crippen molar-refractivity contribution in [2.75, 3.05) is 0 Å². The van der Waals surface area contributed by atoms with Gasteiger partial charge in [-0.05, 0) is 84.9 Å². The van der Waals surface area contributed by atoms with E-state index < -0.39 is 32.6 Å².